The Morgan fingerprint density at radius 3 is 1.82 bits per heavy atom. The van der Waals surface area contributed by atoms with Crippen LogP contribution in [0.2, 0.25) is 0 Å². The predicted molar refractivity (Wildman–Crippen MR) is 238 cm³/mol. The number of alkyl halides is 1. The summed E-state index contributed by atoms with van der Waals surface area (Å²) in [6.45, 7) is 35.8. The molecule has 3 aliphatic carbocycles. The number of carbonyl (C=O) groups is 6. The monoisotopic (exact) mass is 848 g/mol. The SMILES string of the molecule is C=C.C=C[C@@H]1C[C@]1(NC(=O)[C@@H]1CC2(CN1C(=O)[C@@H](NC(=O)C(NC=O)C(C)C)C(C)C)C(C)(C)C21CCC1)C(=O)NC.C=O.CC(C)N1CCCC[C@H]1F.CCN(C)CC. The summed E-state index contributed by atoms with van der Waals surface area (Å²) in [7, 11) is 3.65. The summed E-state index contributed by atoms with van der Waals surface area (Å²) in [4.78, 5) is 79.2. The van der Waals surface area contributed by atoms with E-state index in [2.05, 4.69) is 94.5 Å². The zero-order valence-electron chi connectivity index (χ0n) is 39.3. The molecule has 5 amide bonds. The lowest BCUT2D eigenvalue weighted by Gasteiger charge is -2.33. The summed E-state index contributed by atoms with van der Waals surface area (Å²) in [6.07, 6.45) is 8.75. The minimum atomic E-state index is -1.05. The smallest absolute Gasteiger partial charge is 0.246 e. The van der Waals surface area contributed by atoms with Crippen molar-refractivity contribution in [3.8, 4) is 0 Å². The molecule has 0 aromatic heterocycles. The quantitative estimate of drug-likeness (QED) is 0.105. The number of nitrogens with zero attached hydrogens (tertiary/aromatic N) is 3. The third-order valence-electron chi connectivity index (χ3n) is 14.3. The van der Waals surface area contributed by atoms with E-state index in [1.54, 1.807) is 18.0 Å². The zero-order chi connectivity index (χ0) is 46.4. The van der Waals surface area contributed by atoms with E-state index in [9.17, 15) is 28.4 Å². The number of hydrogen-bond donors (Lipinski definition) is 4. The fourth-order valence-electron chi connectivity index (χ4n) is 9.92. The van der Waals surface area contributed by atoms with Crippen LogP contribution < -0.4 is 21.3 Å². The Labute approximate surface area is 361 Å². The van der Waals surface area contributed by atoms with Gasteiger partial charge in [-0.2, -0.15) is 0 Å². The second-order valence-corrected chi connectivity index (χ2v) is 18.4. The van der Waals surface area contributed by atoms with E-state index in [-0.39, 0.29) is 51.7 Å². The highest BCUT2D eigenvalue weighted by Gasteiger charge is 2.85. The summed E-state index contributed by atoms with van der Waals surface area (Å²) in [5, 5.41) is 11.1. The second-order valence-electron chi connectivity index (χ2n) is 18.4. The molecule has 2 saturated heterocycles. The van der Waals surface area contributed by atoms with Gasteiger partial charge in [0.15, 0.2) is 6.30 Å². The number of hydrogen-bond acceptors (Lipinski definition) is 8. The maximum atomic E-state index is 14.3. The Balaban J connectivity index is 0.000000743. The first kappa shape index (κ1) is 54.4. The van der Waals surface area contributed by atoms with Crippen molar-refractivity contribution in [2.24, 2.45) is 34.0 Å². The van der Waals surface area contributed by atoms with Gasteiger partial charge in [0.25, 0.3) is 0 Å². The van der Waals surface area contributed by atoms with Crippen LogP contribution in [0.3, 0.4) is 0 Å². The van der Waals surface area contributed by atoms with Crippen LogP contribution in [0, 0.1) is 34.0 Å². The number of nitrogens with one attached hydrogen (secondary N) is 4. The fourth-order valence-corrected chi connectivity index (χ4v) is 9.92. The molecule has 5 rings (SSSR count). The lowest BCUT2D eigenvalue weighted by Crippen LogP contribution is -2.60. The van der Waals surface area contributed by atoms with E-state index in [1.165, 1.54) is 6.42 Å². The molecule has 4 N–H and O–H groups in total. The Morgan fingerprint density at radius 2 is 1.47 bits per heavy atom. The van der Waals surface area contributed by atoms with Crippen LogP contribution in [-0.4, -0.2) is 128 Å². The van der Waals surface area contributed by atoms with Crippen LogP contribution in [-0.2, 0) is 28.8 Å². The van der Waals surface area contributed by atoms with Crippen molar-refractivity contribution >= 4 is 36.8 Å². The van der Waals surface area contributed by atoms with Gasteiger partial charge in [0.1, 0.15) is 30.5 Å². The van der Waals surface area contributed by atoms with Crippen LogP contribution in [0.4, 0.5) is 4.39 Å². The molecular formula is C46H82FN7O6. The molecule has 14 heteroatoms. The summed E-state index contributed by atoms with van der Waals surface area (Å²) in [5.41, 5.74) is -1.17. The van der Waals surface area contributed by atoms with Crippen LogP contribution >= 0.6 is 0 Å². The molecule has 60 heavy (non-hydrogen) atoms. The maximum absolute atomic E-state index is 14.3. The minimum absolute atomic E-state index is 0.0271. The number of rotatable bonds is 14. The summed E-state index contributed by atoms with van der Waals surface area (Å²) >= 11 is 0. The lowest BCUT2D eigenvalue weighted by atomic mass is 9.73. The summed E-state index contributed by atoms with van der Waals surface area (Å²) in [5.74, 6) is -1.96. The zero-order valence-corrected chi connectivity index (χ0v) is 39.3. The average molecular weight is 848 g/mol. The van der Waals surface area contributed by atoms with E-state index in [1.807, 2.05) is 39.4 Å². The molecule has 2 heterocycles. The third-order valence-corrected chi connectivity index (χ3v) is 14.3. The fraction of sp³-hybridized carbons (Fsp3) is 0.783. The van der Waals surface area contributed by atoms with Crippen molar-refractivity contribution < 1.29 is 33.2 Å². The first-order valence-corrected chi connectivity index (χ1v) is 22.1. The Morgan fingerprint density at radius 1 is 0.900 bits per heavy atom. The van der Waals surface area contributed by atoms with Gasteiger partial charge >= 0.3 is 0 Å². The van der Waals surface area contributed by atoms with Gasteiger partial charge in [-0.1, -0.05) is 67.9 Å². The second kappa shape index (κ2) is 23.5. The van der Waals surface area contributed by atoms with Crippen molar-refractivity contribution in [3.63, 3.8) is 0 Å². The number of carbonyl (C=O) groups excluding carboxylic acids is 6. The summed E-state index contributed by atoms with van der Waals surface area (Å²) < 4.78 is 13.0. The maximum Gasteiger partial charge on any atom is 0.246 e. The van der Waals surface area contributed by atoms with Gasteiger partial charge in [0.05, 0.1) is 0 Å². The number of amides is 5. The molecule has 5 aliphatic rings. The topological polar surface area (TPSA) is 160 Å². The molecule has 0 aromatic carbocycles. The van der Waals surface area contributed by atoms with E-state index in [0.29, 0.717) is 31.8 Å². The standard InChI is InChI=1S/C30H47N5O5.C8H16FN.C5H13N.C2H4.CH2O/c1-9-19-13-30(19,26(40)31-8)34-23(37)20-14-29(27(6,7)28(29)11-10-12-28)15-35(20)25(39)22(18(4)5)33-24(38)21(17(2)3)32-16-36;1-7(2)10-6-4-3-5-8(10)9;1-4-6(3)5-2;2*1-2/h9,16-22H,1,10-15H2,2-8H3,(H,31,40)(H,32,36)(H,33,38)(H,34,37);7-8H,3-6H2,1-2H3;4-5H2,1-3H3;1-2H2;1H2/t19-,20+,21?,22+,29?,30-;8-;;;/m10.../s1. The molecule has 344 valence electrons. The molecular weight excluding hydrogens is 766 g/mol. The number of fused-ring (bicyclic) bond motifs is 1. The van der Waals surface area contributed by atoms with Crippen molar-refractivity contribution in [1.82, 2.24) is 36.0 Å². The molecule has 2 aliphatic heterocycles. The van der Waals surface area contributed by atoms with Gasteiger partial charge in [-0.3, -0.25) is 28.9 Å². The minimum Gasteiger partial charge on any atom is -0.357 e. The van der Waals surface area contributed by atoms with Crippen molar-refractivity contribution in [1.29, 1.82) is 0 Å². The highest BCUT2D eigenvalue weighted by molar-refractivity contribution is 5.99. The summed E-state index contributed by atoms with van der Waals surface area (Å²) in [6, 6.07) is -2.04. The molecule has 2 unspecified atom stereocenters. The van der Waals surface area contributed by atoms with Crippen LogP contribution in [0.15, 0.2) is 25.8 Å². The first-order valence-electron chi connectivity index (χ1n) is 22.1. The van der Waals surface area contributed by atoms with Gasteiger partial charge in [-0.25, -0.2) is 4.39 Å². The number of likely N-dealkylation sites (tertiary alicyclic amines) is 2. The number of likely N-dealkylation sites (N-methyl/N-ethyl adjacent to an activating group) is 1. The molecule has 3 saturated carbocycles. The highest BCUT2D eigenvalue weighted by Crippen LogP contribution is 2.88. The normalized spacial score (nSPS) is 27.5. The first-order chi connectivity index (χ1) is 28.2. The van der Waals surface area contributed by atoms with Crippen molar-refractivity contribution in [3.05, 3.63) is 25.8 Å². The Kier molecular flexibility index (Phi) is 21.3. The average Bonchev–Trinajstić information content (AvgIpc) is 3.94. The number of halogens is 1. The highest BCUT2D eigenvalue weighted by atomic mass is 19.1. The van der Waals surface area contributed by atoms with E-state index < -0.39 is 35.9 Å². The van der Waals surface area contributed by atoms with Gasteiger partial charge in [-0.15, -0.1) is 19.7 Å². The largest absolute Gasteiger partial charge is 0.357 e. The predicted octanol–water partition coefficient (Wildman–Crippen LogP) is 5.25. The molecule has 13 nitrogen and oxygen atoms in total. The van der Waals surface area contributed by atoms with E-state index in [4.69, 9.17) is 4.79 Å². The Bertz CT molecular complexity index is 1430. The van der Waals surface area contributed by atoms with Gasteiger partial charge in [0, 0.05) is 37.5 Å². The van der Waals surface area contributed by atoms with E-state index in [0.717, 1.165) is 51.7 Å². The molecule has 0 bridgehead atoms. The molecule has 5 fully saturated rings. The van der Waals surface area contributed by atoms with Crippen LogP contribution in [0.25, 0.3) is 0 Å². The molecule has 2 spiro atoms. The van der Waals surface area contributed by atoms with Crippen LogP contribution in [0.5, 0.6) is 0 Å². The van der Waals surface area contributed by atoms with Crippen molar-refractivity contribution in [2.45, 2.75) is 157 Å². The third kappa shape index (κ3) is 11.2. The van der Waals surface area contributed by atoms with Crippen molar-refractivity contribution in [2.75, 3.05) is 40.3 Å². The number of piperidine rings is 1. The van der Waals surface area contributed by atoms with Gasteiger partial charge < -0.3 is 35.9 Å². The molecule has 7 atom stereocenters. The van der Waals surface area contributed by atoms with E-state index >= 15 is 0 Å². The van der Waals surface area contributed by atoms with Gasteiger partial charge in [-0.05, 0) is 102 Å². The Hall–Kier alpha value is -3.65. The molecule has 0 aromatic rings. The van der Waals surface area contributed by atoms with Gasteiger partial charge in [0.2, 0.25) is 30.0 Å². The lowest BCUT2D eigenvalue weighted by molar-refractivity contribution is -0.143. The van der Waals surface area contributed by atoms with Crippen LogP contribution in [0.1, 0.15) is 121 Å². The molecule has 0 radical (unpaired) electrons.